The quantitative estimate of drug-likeness (QED) is 0.837. The van der Waals surface area contributed by atoms with Gasteiger partial charge >= 0.3 is 0 Å². The summed E-state index contributed by atoms with van der Waals surface area (Å²) in [5.74, 6) is 1.50. The lowest BCUT2D eigenvalue weighted by Gasteiger charge is -2.43. The Balaban J connectivity index is 2.00. The Morgan fingerprint density at radius 1 is 1.09 bits per heavy atom. The molecule has 1 aromatic carbocycles. The fraction of sp³-hybridized carbons (Fsp3) is 0.529. The summed E-state index contributed by atoms with van der Waals surface area (Å²) in [6.07, 6.45) is 1.32. The van der Waals surface area contributed by atoms with Crippen LogP contribution in [0.3, 0.4) is 0 Å². The Morgan fingerprint density at radius 2 is 1.74 bits per heavy atom. The minimum Gasteiger partial charge on any atom is -0.496 e. The number of ether oxygens (including phenoxy) is 2. The molecular weight excluding hydrogens is 296 g/mol. The Kier molecular flexibility index (Phi) is 4.15. The van der Waals surface area contributed by atoms with Crippen LogP contribution in [-0.2, 0) is 22.6 Å². The van der Waals surface area contributed by atoms with Gasteiger partial charge in [0.25, 0.3) is 0 Å². The van der Waals surface area contributed by atoms with Crippen molar-refractivity contribution in [1.82, 2.24) is 9.80 Å². The van der Waals surface area contributed by atoms with E-state index in [1.165, 1.54) is 0 Å². The van der Waals surface area contributed by atoms with Crippen LogP contribution in [-0.4, -0.2) is 55.0 Å². The average molecular weight is 318 g/mol. The summed E-state index contributed by atoms with van der Waals surface area (Å²) in [6, 6.07) is 3.26. The van der Waals surface area contributed by atoms with Gasteiger partial charge in [0.2, 0.25) is 11.8 Å². The molecule has 1 unspecified atom stereocenters. The molecule has 6 heteroatoms. The highest BCUT2D eigenvalue weighted by Crippen LogP contribution is 2.38. The molecule has 1 atom stereocenters. The van der Waals surface area contributed by atoms with Crippen LogP contribution < -0.4 is 9.47 Å². The first-order valence-corrected chi connectivity index (χ1v) is 7.91. The Labute approximate surface area is 136 Å². The van der Waals surface area contributed by atoms with E-state index < -0.39 is 6.04 Å². The lowest BCUT2D eigenvalue weighted by molar-refractivity contribution is -0.157. The van der Waals surface area contributed by atoms with Crippen molar-refractivity contribution in [2.45, 2.75) is 32.4 Å². The predicted octanol–water partition coefficient (Wildman–Crippen LogP) is 1.21. The lowest BCUT2D eigenvalue weighted by Crippen LogP contribution is -2.61. The van der Waals surface area contributed by atoms with Gasteiger partial charge in [0.1, 0.15) is 17.5 Å². The summed E-state index contributed by atoms with van der Waals surface area (Å²) >= 11 is 0. The van der Waals surface area contributed by atoms with Gasteiger partial charge in [-0.05, 0) is 18.6 Å². The SMILES string of the molecule is CCCN1CC(=O)N2Cc3c(OC)ccc(OC)c3CC2C1=O. The highest BCUT2D eigenvalue weighted by molar-refractivity contribution is 5.95. The number of nitrogens with zero attached hydrogens (tertiary/aromatic N) is 2. The minimum absolute atomic E-state index is 0.00132. The van der Waals surface area contributed by atoms with Gasteiger partial charge in [0.15, 0.2) is 0 Å². The molecule has 2 heterocycles. The molecular formula is C17H22N2O4. The Hall–Kier alpha value is -2.24. The third-order valence-electron chi connectivity index (χ3n) is 4.62. The summed E-state index contributed by atoms with van der Waals surface area (Å²) in [5, 5.41) is 0. The van der Waals surface area contributed by atoms with E-state index >= 15 is 0 Å². The number of carbonyl (C=O) groups is 2. The molecule has 1 aromatic rings. The van der Waals surface area contributed by atoms with E-state index in [1.54, 1.807) is 24.0 Å². The number of hydrogen-bond donors (Lipinski definition) is 0. The van der Waals surface area contributed by atoms with Crippen molar-refractivity contribution in [2.24, 2.45) is 0 Å². The van der Waals surface area contributed by atoms with Crippen molar-refractivity contribution in [3.63, 3.8) is 0 Å². The summed E-state index contributed by atoms with van der Waals surface area (Å²) in [6.45, 7) is 3.20. The molecule has 124 valence electrons. The molecule has 2 aliphatic rings. The van der Waals surface area contributed by atoms with Gasteiger partial charge in [0.05, 0.1) is 27.3 Å². The molecule has 6 nitrogen and oxygen atoms in total. The van der Waals surface area contributed by atoms with Crippen molar-refractivity contribution in [2.75, 3.05) is 27.3 Å². The third kappa shape index (κ3) is 2.52. The zero-order chi connectivity index (χ0) is 16.6. The highest BCUT2D eigenvalue weighted by Gasteiger charge is 2.43. The van der Waals surface area contributed by atoms with Crippen LogP contribution in [0.1, 0.15) is 24.5 Å². The molecule has 0 N–H and O–H groups in total. The number of hydrogen-bond acceptors (Lipinski definition) is 4. The average Bonchev–Trinajstić information content (AvgIpc) is 2.57. The molecule has 0 aromatic heterocycles. The fourth-order valence-corrected chi connectivity index (χ4v) is 3.50. The van der Waals surface area contributed by atoms with Crippen LogP contribution in [0.2, 0.25) is 0 Å². The minimum atomic E-state index is -0.434. The van der Waals surface area contributed by atoms with Crippen molar-refractivity contribution >= 4 is 11.8 Å². The van der Waals surface area contributed by atoms with E-state index in [0.29, 0.717) is 19.5 Å². The molecule has 3 rings (SSSR count). The molecule has 0 aliphatic carbocycles. The molecule has 0 saturated carbocycles. The highest BCUT2D eigenvalue weighted by atomic mass is 16.5. The van der Waals surface area contributed by atoms with Crippen molar-refractivity contribution in [3.05, 3.63) is 23.3 Å². The number of fused-ring (bicyclic) bond motifs is 2. The van der Waals surface area contributed by atoms with Gasteiger partial charge in [-0.1, -0.05) is 6.92 Å². The largest absolute Gasteiger partial charge is 0.496 e. The molecule has 23 heavy (non-hydrogen) atoms. The van der Waals surface area contributed by atoms with Crippen LogP contribution in [0.25, 0.3) is 0 Å². The second-order valence-electron chi connectivity index (χ2n) is 5.93. The Bertz CT molecular complexity index is 644. The van der Waals surface area contributed by atoms with Crippen LogP contribution in [0.15, 0.2) is 12.1 Å². The van der Waals surface area contributed by atoms with E-state index in [1.807, 2.05) is 19.1 Å². The molecule has 1 saturated heterocycles. The maximum Gasteiger partial charge on any atom is 0.246 e. The summed E-state index contributed by atoms with van der Waals surface area (Å²) in [4.78, 5) is 28.5. The second kappa shape index (κ2) is 6.10. The van der Waals surface area contributed by atoms with Crippen molar-refractivity contribution in [1.29, 1.82) is 0 Å². The summed E-state index contributed by atoms with van der Waals surface area (Å²) in [7, 11) is 3.23. The summed E-state index contributed by atoms with van der Waals surface area (Å²) in [5.41, 5.74) is 1.90. The number of piperazine rings is 1. The predicted molar refractivity (Wildman–Crippen MR) is 84.5 cm³/mol. The topological polar surface area (TPSA) is 59.1 Å². The molecule has 0 bridgehead atoms. The third-order valence-corrected chi connectivity index (χ3v) is 4.62. The normalized spacial score (nSPS) is 20.2. The number of benzene rings is 1. The van der Waals surface area contributed by atoms with Crippen LogP contribution in [0.5, 0.6) is 11.5 Å². The molecule has 2 amide bonds. The lowest BCUT2D eigenvalue weighted by atomic mass is 9.90. The monoisotopic (exact) mass is 318 g/mol. The fourth-order valence-electron chi connectivity index (χ4n) is 3.50. The van der Waals surface area contributed by atoms with Gasteiger partial charge in [-0.15, -0.1) is 0 Å². The standard InChI is InChI=1S/C17H22N2O4/c1-4-7-18-10-16(20)19-9-12-11(8-13(19)17(18)21)14(22-2)5-6-15(12)23-3/h5-6,13H,4,7-10H2,1-3H3. The first-order valence-electron chi connectivity index (χ1n) is 7.91. The Morgan fingerprint density at radius 3 is 2.35 bits per heavy atom. The second-order valence-corrected chi connectivity index (χ2v) is 5.93. The molecule has 0 spiro atoms. The zero-order valence-electron chi connectivity index (χ0n) is 13.8. The zero-order valence-corrected chi connectivity index (χ0v) is 13.8. The number of carbonyl (C=O) groups excluding carboxylic acids is 2. The van der Waals surface area contributed by atoms with Gasteiger partial charge in [-0.2, -0.15) is 0 Å². The van der Waals surface area contributed by atoms with E-state index in [9.17, 15) is 9.59 Å². The molecule has 0 radical (unpaired) electrons. The van der Waals surface area contributed by atoms with Crippen molar-refractivity contribution < 1.29 is 19.1 Å². The van der Waals surface area contributed by atoms with Crippen LogP contribution in [0.4, 0.5) is 0 Å². The first-order chi connectivity index (χ1) is 11.1. The van der Waals surface area contributed by atoms with E-state index in [4.69, 9.17) is 9.47 Å². The number of amides is 2. The van der Waals surface area contributed by atoms with Gasteiger partial charge in [-0.3, -0.25) is 9.59 Å². The van der Waals surface area contributed by atoms with Crippen LogP contribution >= 0.6 is 0 Å². The van der Waals surface area contributed by atoms with E-state index in [0.717, 1.165) is 29.0 Å². The maximum atomic E-state index is 12.7. The summed E-state index contributed by atoms with van der Waals surface area (Å²) < 4.78 is 10.9. The van der Waals surface area contributed by atoms with E-state index in [2.05, 4.69) is 0 Å². The maximum absolute atomic E-state index is 12.7. The number of rotatable bonds is 4. The first kappa shape index (κ1) is 15.6. The smallest absolute Gasteiger partial charge is 0.246 e. The van der Waals surface area contributed by atoms with Gasteiger partial charge in [-0.25, -0.2) is 0 Å². The number of methoxy groups -OCH3 is 2. The molecule has 2 aliphatic heterocycles. The van der Waals surface area contributed by atoms with Gasteiger partial charge in [0, 0.05) is 24.1 Å². The van der Waals surface area contributed by atoms with Gasteiger partial charge < -0.3 is 19.3 Å². The van der Waals surface area contributed by atoms with E-state index in [-0.39, 0.29) is 18.4 Å². The molecule has 1 fully saturated rings. The van der Waals surface area contributed by atoms with Crippen molar-refractivity contribution in [3.8, 4) is 11.5 Å². The van der Waals surface area contributed by atoms with Crippen LogP contribution in [0, 0.1) is 0 Å².